The molecule has 0 aliphatic heterocycles. The minimum Gasteiger partial charge on any atom is -0.134 e. The molecule has 1 aromatic rings. The first-order chi connectivity index (χ1) is 7.36. The van der Waals surface area contributed by atoms with Crippen LogP contribution in [0.3, 0.4) is 0 Å². The van der Waals surface area contributed by atoms with E-state index in [2.05, 4.69) is 48.4 Å². The normalized spacial score (nSPS) is 15.9. The molecule has 0 fully saturated rings. The summed E-state index contributed by atoms with van der Waals surface area (Å²) in [6.45, 7) is 0. The molecule has 0 aromatic heterocycles. The Morgan fingerprint density at radius 1 is 1.13 bits per heavy atom. The van der Waals surface area contributed by atoms with Crippen LogP contribution in [0.1, 0.15) is 24.0 Å². The molecule has 0 unspecified atom stereocenters. The molecule has 2 aliphatic carbocycles. The van der Waals surface area contributed by atoms with Crippen LogP contribution >= 0.6 is 12.6 Å². The van der Waals surface area contributed by atoms with Crippen LogP contribution in [0, 0.1) is 0 Å². The topological polar surface area (TPSA) is 0 Å². The predicted molar refractivity (Wildman–Crippen MR) is 67.7 cm³/mol. The summed E-state index contributed by atoms with van der Waals surface area (Å²) in [4.78, 5) is 0.899. The van der Waals surface area contributed by atoms with E-state index in [1.807, 2.05) is 6.08 Å². The maximum atomic E-state index is 4.46. The summed E-state index contributed by atoms with van der Waals surface area (Å²) in [5.74, 6) is 0. The van der Waals surface area contributed by atoms with E-state index in [0.717, 1.165) is 17.7 Å². The van der Waals surface area contributed by atoms with E-state index in [9.17, 15) is 0 Å². The first-order valence-corrected chi connectivity index (χ1v) is 5.55. The third kappa shape index (κ3) is 1.33. The van der Waals surface area contributed by atoms with E-state index in [0.29, 0.717) is 0 Å². The van der Waals surface area contributed by atoms with Crippen LogP contribution in [0.4, 0.5) is 0 Å². The second-order valence-electron chi connectivity index (χ2n) is 3.78. The van der Waals surface area contributed by atoms with Crippen molar-refractivity contribution in [1.29, 1.82) is 0 Å². The van der Waals surface area contributed by atoms with Gasteiger partial charge in [-0.25, -0.2) is 0 Å². The van der Waals surface area contributed by atoms with Crippen LogP contribution in [-0.2, 0) is 0 Å². The maximum absolute atomic E-state index is 4.46. The van der Waals surface area contributed by atoms with Crippen molar-refractivity contribution >= 4 is 35.8 Å². The van der Waals surface area contributed by atoms with Crippen LogP contribution in [0.25, 0.3) is 23.1 Å². The Labute approximate surface area is 94.0 Å². The summed E-state index contributed by atoms with van der Waals surface area (Å²) >= 11 is 4.46. The van der Waals surface area contributed by atoms with E-state index in [4.69, 9.17) is 0 Å². The Morgan fingerprint density at radius 3 is 2.93 bits per heavy atom. The highest BCUT2D eigenvalue weighted by molar-refractivity contribution is 7.90. The van der Waals surface area contributed by atoms with E-state index in [-0.39, 0.29) is 0 Å². The lowest BCUT2D eigenvalue weighted by atomic mass is 9.97. The molecule has 0 radical (unpaired) electrons. The highest BCUT2D eigenvalue weighted by Crippen LogP contribution is 2.21. The Kier molecular flexibility index (Phi) is 1.97. The standard InChI is InChI=1S/C14H10S/c15-13-7-3-5-11-9-8-10-4-1-2-6-12(10)14(11)13/h4-6,8-9,15H,1-2H2. The van der Waals surface area contributed by atoms with Gasteiger partial charge in [0, 0.05) is 5.56 Å². The van der Waals surface area contributed by atoms with Gasteiger partial charge in [-0.05, 0) is 34.9 Å². The number of fused-ring (bicyclic) bond motifs is 3. The van der Waals surface area contributed by atoms with Crippen molar-refractivity contribution in [3.05, 3.63) is 45.2 Å². The molecule has 0 saturated heterocycles. The van der Waals surface area contributed by atoms with Crippen LogP contribution in [0.5, 0.6) is 0 Å². The number of rotatable bonds is 0. The van der Waals surface area contributed by atoms with Crippen LogP contribution in [0.15, 0.2) is 23.6 Å². The number of thiol groups is 1. The summed E-state index contributed by atoms with van der Waals surface area (Å²) in [6.07, 6.45) is 8.82. The number of hydrogen-bond acceptors (Lipinski definition) is 1. The molecule has 1 heteroatoms. The largest absolute Gasteiger partial charge is 0.134 e. The zero-order valence-electron chi connectivity index (χ0n) is 8.25. The van der Waals surface area contributed by atoms with Crippen molar-refractivity contribution in [3.8, 4) is 0 Å². The van der Waals surface area contributed by atoms with E-state index in [1.54, 1.807) is 0 Å². The van der Waals surface area contributed by atoms with Crippen LogP contribution < -0.4 is 10.4 Å². The van der Waals surface area contributed by atoms with Gasteiger partial charge in [0.25, 0.3) is 0 Å². The molecule has 1 aromatic carbocycles. The van der Waals surface area contributed by atoms with Gasteiger partial charge in [0.15, 0.2) is 0 Å². The Balaban J connectivity index is 2.51. The van der Waals surface area contributed by atoms with Gasteiger partial charge in [0.1, 0.15) is 0 Å². The molecule has 0 atom stereocenters. The molecule has 72 valence electrons. The molecule has 0 bridgehead atoms. The van der Waals surface area contributed by atoms with E-state index >= 15 is 0 Å². The fourth-order valence-corrected chi connectivity index (χ4v) is 2.46. The molecule has 0 amide bonds. The number of hydrogen-bond donors (Lipinski definition) is 1. The van der Waals surface area contributed by atoms with Crippen molar-refractivity contribution in [2.45, 2.75) is 12.8 Å². The molecule has 0 spiro atoms. The van der Waals surface area contributed by atoms with Crippen molar-refractivity contribution < 1.29 is 0 Å². The fourth-order valence-electron chi connectivity index (χ4n) is 2.15. The maximum Gasteiger partial charge on any atom is 0.0631 e. The van der Waals surface area contributed by atoms with Gasteiger partial charge in [-0.2, -0.15) is 0 Å². The summed E-state index contributed by atoms with van der Waals surface area (Å²) in [6, 6.07) is 4.31. The molecule has 0 N–H and O–H groups in total. The molecule has 0 saturated carbocycles. The highest BCUT2D eigenvalue weighted by Gasteiger charge is 2.08. The zero-order chi connectivity index (χ0) is 10.3. The Hall–Kier alpha value is -1.39. The lowest BCUT2D eigenvalue weighted by Gasteiger charge is -2.10. The monoisotopic (exact) mass is 210 g/mol. The van der Waals surface area contributed by atoms with Gasteiger partial charge in [-0.15, -0.1) is 12.6 Å². The quantitative estimate of drug-likeness (QED) is 0.492. The van der Waals surface area contributed by atoms with Crippen molar-refractivity contribution in [2.24, 2.45) is 0 Å². The summed E-state index contributed by atoms with van der Waals surface area (Å²) < 4.78 is 0. The van der Waals surface area contributed by atoms with Crippen LogP contribution in [-0.4, -0.2) is 0 Å². The molecule has 3 rings (SSSR count). The van der Waals surface area contributed by atoms with Gasteiger partial charge in [-0.1, -0.05) is 35.7 Å². The summed E-state index contributed by atoms with van der Waals surface area (Å²) in [7, 11) is 0. The van der Waals surface area contributed by atoms with E-state index < -0.39 is 0 Å². The third-order valence-electron chi connectivity index (χ3n) is 2.85. The molecule has 2 aliphatic rings. The minimum absolute atomic E-state index is 0.899. The first kappa shape index (κ1) is 8.88. The van der Waals surface area contributed by atoms with Crippen molar-refractivity contribution in [2.75, 3.05) is 0 Å². The Morgan fingerprint density at radius 2 is 2.00 bits per heavy atom. The summed E-state index contributed by atoms with van der Waals surface area (Å²) in [5.41, 5.74) is 8.43. The second-order valence-corrected chi connectivity index (χ2v) is 4.23. The lowest BCUT2D eigenvalue weighted by molar-refractivity contribution is 1.11. The smallest absolute Gasteiger partial charge is 0.0631 e. The minimum atomic E-state index is 0.899. The second kappa shape index (κ2) is 3.32. The van der Waals surface area contributed by atoms with Gasteiger partial charge in [-0.3, -0.25) is 0 Å². The van der Waals surface area contributed by atoms with Crippen LogP contribution in [0.2, 0.25) is 0 Å². The molecule has 0 nitrogen and oxygen atoms in total. The predicted octanol–water partition coefficient (Wildman–Crippen LogP) is 2.09. The average molecular weight is 210 g/mol. The molecular formula is C14H10S. The van der Waals surface area contributed by atoms with Crippen molar-refractivity contribution in [1.82, 2.24) is 0 Å². The zero-order valence-corrected chi connectivity index (χ0v) is 9.14. The molecular weight excluding hydrogens is 200 g/mol. The fraction of sp³-hybridized carbons (Fsp3) is 0.143. The number of benzene rings is 1. The SMILES string of the molecule is SC1=C=C=Cc2ccc3c(c21)=CCCC=3. The van der Waals surface area contributed by atoms with Gasteiger partial charge >= 0.3 is 0 Å². The lowest BCUT2D eigenvalue weighted by Crippen LogP contribution is -2.30. The van der Waals surface area contributed by atoms with Gasteiger partial charge in [0.05, 0.1) is 4.91 Å². The Bertz CT molecular complexity index is 649. The molecule has 0 heterocycles. The summed E-state index contributed by atoms with van der Waals surface area (Å²) in [5, 5.41) is 2.64. The first-order valence-electron chi connectivity index (χ1n) is 5.11. The van der Waals surface area contributed by atoms with Gasteiger partial charge < -0.3 is 0 Å². The average Bonchev–Trinajstić information content (AvgIpc) is 2.29. The van der Waals surface area contributed by atoms with E-state index in [1.165, 1.54) is 21.6 Å². The van der Waals surface area contributed by atoms with Gasteiger partial charge in [0.2, 0.25) is 0 Å². The van der Waals surface area contributed by atoms with Crippen molar-refractivity contribution in [3.63, 3.8) is 0 Å². The molecule has 15 heavy (non-hydrogen) atoms. The highest BCUT2D eigenvalue weighted by atomic mass is 32.1. The third-order valence-corrected chi connectivity index (χ3v) is 3.18.